The Labute approximate surface area is 175 Å². The fraction of sp³-hybridized carbons (Fsp3) is 0.333. The van der Waals surface area contributed by atoms with Crippen LogP contribution < -0.4 is 9.64 Å². The van der Waals surface area contributed by atoms with Crippen LogP contribution in [0, 0.1) is 11.3 Å². The third-order valence-corrected chi connectivity index (χ3v) is 8.17. The highest BCUT2D eigenvalue weighted by Crippen LogP contribution is 2.37. The third kappa shape index (κ3) is 4.41. The first-order chi connectivity index (χ1) is 14.0. The molecule has 2 aromatic rings. The highest BCUT2D eigenvalue weighted by atomic mass is 32.2. The van der Waals surface area contributed by atoms with Crippen molar-refractivity contribution in [2.24, 2.45) is 4.99 Å². The Bertz CT molecular complexity index is 1060. The number of aliphatic imine (C=N–C) groups is 1. The van der Waals surface area contributed by atoms with Crippen LogP contribution in [0.15, 0.2) is 53.5 Å². The van der Waals surface area contributed by atoms with Crippen molar-refractivity contribution in [3.63, 3.8) is 0 Å². The van der Waals surface area contributed by atoms with E-state index in [0.29, 0.717) is 18.7 Å². The molecule has 0 unspecified atom stereocenters. The summed E-state index contributed by atoms with van der Waals surface area (Å²) >= 11 is 1.54. The normalized spacial score (nSPS) is 21.9. The van der Waals surface area contributed by atoms with E-state index >= 15 is 0 Å². The largest absolute Gasteiger partial charge is 0.494 e. The van der Waals surface area contributed by atoms with Crippen LogP contribution in [-0.4, -0.2) is 43.0 Å². The van der Waals surface area contributed by atoms with Crippen molar-refractivity contribution in [3.8, 4) is 11.8 Å². The Hall–Kier alpha value is -2.50. The predicted molar refractivity (Wildman–Crippen MR) is 116 cm³/mol. The number of fused-ring (bicyclic) bond motifs is 1. The van der Waals surface area contributed by atoms with Gasteiger partial charge < -0.3 is 9.64 Å². The van der Waals surface area contributed by atoms with E-state index < -0.39 is 9.84 Å². The number of sulfone groups is 1. The summed E-state index contributed by atoms with van der Waals surface area (Å²) in [5.74, 6) is 1.12. The summed E-state index contributed by atoms with van der Waals surface area (Å²) in [5, 5.41) is 9.84. The highest BCUT2D eigenvalue weighted by molar-refractivity contribution is 8.15. The van der Waals surface area contributed by atoms with Crippen LogP contribution in [-0.2, 0) is 16.4 Å². The average molecular weight is 428 g/mol. The summed E-state index contributed by atoms with van der Waals surface area (Å²) in [4.78, 5) is 6.86. The van der Waals surface area contributed by atoms with Gasteiger partial charge in [-0.1, -0.05) is 23.9 Å². The minimum Gasteiger partial charge on any atom is -0.494 e. The molecule has 0 aliphatic carbocycles. The first kappa shape index (κ1) is 19.8. The second kappa shape index (κ2) is 8.09. The molecule has 29 heavy (non-hydrogen) atoms. The lowest BCUT2D eigenvalue weighted by Gasteiger charge is -2.25. The molecule has 0 saturated carbocycles. The van der Waals surface area contributed by atoms with Gasteiger partial charge in [0.1, 0.15) is 5.75 Å². The van der Waals surface area contributed by atoms with Gasteiger partial charge in [0.2, 0.25) is 0 Å². The molecular formula is C21H21N3O3S2. The number of hydrogen-bond acceptors (Lipinski definition) is 7. The topological polar surface area (TPSA) is 82.8 Å². The van der Waals surface area contributed by atoms with E-state index in [4.69, 9.17) is 15.0 Å². The molecule has 0 radical (unpaired) electrons. The van der Waals surface area contributed by atoms with E-state index in [-0.39, 0.29) is 22.8 Å². The number of nitriles is 1. The van der Waals surface area contributed by atoms with Crippen molar-refractivity contribution in [1.29, 1.82) is 5.26 Å². The van der Waals surface area contributed by atoms with E-state index in [2.05, 4.69) is 11.0 Å². The summed E-state index contributed by atoms with van der Waals surface area (Å²) < 4.78 is 29.4. The molecule has 0 N–H and O–H groups in total. The Morgan fingerprint density at radius 3 is 2.52 bits per heavy atom. The molecule has 2 aliphatic rings. The van der Waals surface area contributed by atoms with Gasteiger partial charge in [0.15, 0.2) is 15.0 Å². The molecule has 0 amide bonds. The van der Waals surface area contributed by atoms with E-state index in [1.807, 2.05) is 43.3 Å². The molecule has 150 valence electrons. The molecule has 6 nitrogen and oxygen atoms in total. The zero-order valence-electron chi connectivity index (χ0n) is 16.0. The van der Waals surface area contributed by atoms with Crippen LogP contribution in [0.2, 0.25) is 0 Å². The van der Waals surface area contributed by atoms with Crippen molar-refractivity contribution < 1.29 is 13.2 Å². The lowest BCUT2D eigenvalue weighted by atomic mass is 10.1. The van der Waals surface area contributed by atoms with Gasteiger partial charge in [-0.3, -0.25) is 4.99 Å². The Balaban J connectivity index is 1.63. The molecule has 2 heterocycles. The molecule has 2 atom stereocenters. The second-order valence-corrected chi connectivity index (χ2v) is 10.4. The zero-order chi connectivity index (χ0) is 20.4. The van der Waals surface area contributed by atoms with Gasteiger partial charge in [-0.05, 0) is 48.9 Å². The lowest BCUT2D eigenvalue weighted by Crippen LogP contribution is -2.28. The number of rotatable bonds is 5. The smallest absolute Gasteiger partial charge is 0.164 e. The molecule has 1 saturated heterocycles. The van der Waals surface area contributed by atoms with Crippen molar-refractivity contribution in [2.45, 2.75) is 24.8 Å². The first-order valence-electron chi connectivity index (χ1n) is 9.42. The standard InChI is InChI=1S/C21H21N3O3S2/c1-2-27-18-9-7-17(8-10-18)24(12-16-5-3-15(11-22)4-6-16)21-23-19-13-29(25,26)14-20(19)28-21/h3-10,19-20H,2,12-14H2,1H3/t19-,20-/m1/s1. The van der Waals surface area contributed by atoms with Crippen LogP contribution in [0.5, 0.6) is 5.75 Å². The number of nitrogens with zero attached hydrogens (tertiary/aromatic N) is 3. The minimum atomic E-state index is -2.99. The Kier molecular flexibility index (Phi) is 5.52. The third-order valence-electron chi connectivity index (χ3n) is 4.92. The quantitative estimate of drug-likeness (QED) is 0.729. The first-order valence-corrected chi connectivity index (χ1v) is 12.1. The van der Waals surface area contributed by atoms with Crippen molar-refractivity contribution >= 4 is 32.5 Å². The fourth-order valence-electron chi connectivity index (χ4n) is 3.50. The average Bonchev–Trinajstić information content (AvgIpc) is 3.21. The van der Waals surface area contributed by atoms with Gasteiger partial charge in [0, 0.05) is 10.9 Å². The molecular weight excluding hydrogens is 406 g/mol. The predicted octanol–water partition coefficient (Wildman–Crippen LogP) is 3.23. The summed E-state index contributed by atoms with van der Waals surface area (Å²) in [6.45, 7) is 3.13. The van der Waals surface area contributed by atoms with Crippen molar-refractivity contribution in [2.75, 3.05) is 23.0 Å². The van der Waals surface area contributed by atoms with Gasteiger partial charge >= 0.3 is 0 Å². The molecule has 8 heteroatoms. The van der Waals surface area contributed by atoms with E-state index in [9.17, 15) is 8.42 Å². The van der Waals surface area contributed by atoms with Crippen LogP contribution >= 0.6 is 11.8 Å². The molecule has 0 bridgehead atoms. The van der Waals surface area contributed by atoms with Crippen molar-refractivity contribution in [3.05, 3.63) is 59.7 Å². The fourth-order valence-corrected chi connectivity index (χ4v) is 7.28. The molecule has 4 rings (SSSR count). The van der Waals surface area contributed by atoms with Crippen LogP contribution in [0.3, 0.4) is 0 Å². The van der Waals surface area contributed by atoms with Gasteiger partial charge in [-0.15, -0.1) is 0 Å². The maximum atomic E-state index is 11.9. The number of thioether (sulfide) groups is 1. The van der Waals surface area contributed by atoms with Crippen LogP contribution in [0.25, 0.3) is 0 Å². The number of amidine groups is 1. The Morgan fingerprint density at radius 1 is 1.17 bits per heavy atom. The minimum absolute atomic E-state index is 0.0128. The molecule has 1 fully saturated rings. The van der Waals surface area contributed by atoms with Gasteiger partial charge in [-0.25, -0.2) is 8.42 Å². The number of benzene rings is 2. The van der Waals surface area contributed by atoms with E-state index in [1.165, 1.54) is 0 Å². The van der Waals surface area contributed by atoms with Crippen molar-refractivity contribution in [1.82, 2.24) is 0 Å². The summed E-state index contributed by atoms with van der Waals surface area (Å²) in [6.07, 6.45) is 0. The van der Waals surface area contributed by atoms with Gasteiger partial charge in [0.05, 0.1) is 42.3 Å². The SMILES string of the molecule is CCOc1ccc(N(Cc2ccc(C#N)cc2)C2=N[C@@H]3CS(=O)(=O)C[C@H]3S2)cc1. The molecule has 2 aliphatic heterocycles. The van der Waals surface area contributed by atoms with Crippen LogP contribution in [0.4, 0.5) is 5.69 Å². The highest BCUT2D eigenvalue weighted by Gasteiger charge is 2.44. The summed E-state index contributed by atoms with van der Waals surface area (Å²) in [5.41, 5.74) is 2.63. The Morgan fingerprint density at radius 2 is 1.90 bits per heavy atom. The van der Waals surface area contributed by atoms with Gasteiger partial charge in [-0.2, -0.15) is 5.26 Å². The summed E-state index contributed by atoms with van der Waals surface area (Å²) in [6, 6.07) is 17.3. The zero-order valence-corrected chi connectivity index (χ0v) is 17.6. The number of anilines is 1. The lowest BCUT2D eigenvalue weighted by molar-refractivity contribution is 0.340. The molecule has 2 aromatic carbocycles. The van der Waals surface area contributed by atoms with E-state index in [1.54, 1.807) is 23.9 Å². The maximum absolute atomic E-state index is 11.9. The van der Waals surface area contributed by atoms with E-state index in [0.717, 1.165) is 22.2 Å². The monoisotopic (exact) mass is 427 g/mol. The summed E-state index contributed by atoms with van der Waals surface area (Å²) in [7, 11) is -2.99. The molecule has 0 aromatic heterocycles. The molecule has 0 spiro atoms. The number of hydrogen-bond donors (Lipinski definition) is 0. The van der Waals surface area contributed by atoms with Crippen LogP contribution in [0.1, 0.15) is 18.1 Å². The second-order valence-electron chi connectivity index (χ2n) is 7.03. The van der Waals surface area contributed by atoms with Gasteiger partial charge in [0.25, 0.3) is 0 Å². The maximum Gasteiger partial charge on any atom is 0.164 e. The number of ether oxygens (including phenoxy) is 1.